The zero-order chi connectivity index (χ0) is 13.0. The van der Waals surface area contributed by atoms with E-state index in [9.17, 15) is 5.11 Å². The van der Waals surface area contributed by atoms with Crippen molar-refractivity contribution in [1.82, 2.24) is 10.3 Å². The zero-order valence-corrected chi connectivity index (χ0v) is 10.8. The monoisotopic (exact) mass is 252 g/mol. The number of nitrogens with zero attached hydrogens (tertiary/aromatic N) is 1. The SMILES string of the molecule is COc1ncccc1CNCC1(O)CCOC1C. The number of hydrogen-bond acceptors (Lipinski definition) is 5. The molecule has 1 aliphatic rings. The molecule has 2 rings (SSSR count). The molecule has 2 atom stereocenters. The van der Waals surface area contributed by atoms with Crippen LogP contribution < -0.4 is 10.1 Å². The number of pyridine rings is 1. The second-order valence-electron chi connectivity index (χ2n) is 4.64. The highest BCUT2D eigenvalue weighted by Crippen LogP contribution is 2.25. The Morgan fingerprint density at radius 3 is 3.17 bits per heavy atom. The molecular formula is C13H20N2O3. The van der Waals surface area contributed by atoms with Gasteiger partial charge in [0.25, 0.3) is 0 Å². The summed E-state index contributed by atoms with van der Waals surface area (Å²) < 4.78 is 10.6. The van der Waals surface area contributed by atoms with Crippen molar-refractivity contribution < 1.29 is 14.6 Å². The maximum atomic E-state index is 10.3. The van der Waals surface area contributed by atoms with E-state index >= 15 is 0 Å². The van der Waals surface area contributed by atoms with Crippen LogP contribution in [0.1, 0.15) is 18.9 Å². The van der Waals surface area contributed by atoms with E-state index < -0.39 is 5.60 Å². The molecule has 0 spiro atoms. The van der Waals surface area contributed by atoms with Crippen molar-refractivity contribution >= 4 is 0 Å². The normalized spacial score (nSPS) is 27.4. The minimum atomic E-state index is -0.768. The topological polar surface area (TPSA) is 63.6 Å². The Balaban J connectivity index is 1.88. The van der Waals surface area contributed by atoms with Crippen molar-refractivity contribution in [3.63, 3.8) is 0 Å². The van der Waals surface area contributed by atoms with Crippen molar-refractivity contribution in [2.75, 3.05) is 20.3 Å². The highest BCUT2D eigenvalue weighted by Gasteiger charge is 2.38. The van der Waals surface area contributed by atoms with Gasteiger partial charge in [-0.05, 0) is 13.0 Å². The van der Waals surface area contributed by atoms with Crippen molar-refractivity contribution in [3.8, 4) is 5.88 Å². The van der Waals surface area contributed by atoms with Crippen LogP contribution >= 0.6 is 0 Å². The van der Waals surface area contributed by atoms with Crippen LogP contribution in [0, 0.1) is 0 Å². The zero-order valence-electron chi connectivity index (χ0n) is 10.8. The van der Waals surface area contributed by atoms with E-state index in [4.69, 9.17) is 9.47 Å². The Bertz CT molecular complexity index is 400. The third-order valence-corrected chi connectivity index (χ3v) is 3.45. The molecule has 1 aromatic rings. The van der Waals surface area contributed by atoms with Gasteiger partial charge in [0.15, 0.2) is 0 Å². The largest absolute Gasteiger partial charge is 0.481 e. The molecule has 0 bridgehead atoms. The standard InChI is InChI=1S/C13H20N2O3/c1-10-13(16,5-7-18-10)9-14-8-11-4-3-6-15-12(11)17-2/h3-4,6,10,14,16H,5,7-9H2,1-2H3. The van der Waals surface area contributed by atoms with Gasteiger partial charge in [0, 0.05) is 37.9 Å². The second kappa shape index (κ2) is 5.65. The summed E-state index contributed by atoms with van der Waals surface area (Å²) in [6.07, 6.45) is 2.24. The fourth-order valence-electron chi connectivity index (χ4n) is 2.16. The highest BCUT2D eigenvalue weighted by molar-refractivity contribution is 5.25. The maximum Gasteiger partial charge on any atom is 0.217 e. The van der Waals surface area contributed by atoms with Gasteiger partial charge in [-0.3, -0.25) is 0 Å². The Kier molecular flexibility index (Phi) is 4.16. The lowest BCUT2D eigenvalue weighted by Crippen LogP contribution is -2.45. The van der Waals surface area contributed by atoms with Gasteiger partial charge in [-0.2, -0.15) is 0 Å². The van der Waals surface area contributed by atoms with Crippen LogP contribution in [-0.4, -0.2) is 42.1 Å². The molecule has 100 valence electrons. The van der Waals surface area contributed by atoms with E-state index in [2.05, 4.69) is 10.3 Å². The number of hydrogen-bond donors (Lipinski definition) is 2. The average Bonchev–Trinajstić information content (AvgIpc) is 2.70. The lowest BCUT2D eigenvalue weighted by atomic mass is 9.97. The van der Waals surface area contributed by atoms with Crippen LogP contribution in [0.25, 0.3) is 0 Å². The molecule has 1 aromatic heterocycles. The predicted octanol–water partition coefficient (Wildman–Crippen LogP) is 0.720. The van der Waals surface area contributed by atoms with Crippen LogP contribution in [-0.2, 0) is 11.3 Å². The Morgan fingerprint density at radius 2 is 2.50 bits per heavy atom. The minimum absolute atomic E-state index is 0.124. The first-order valence-electron chi connectivity index (χ1n) is 6.18. The van der Waals surface area contributed by atoms with Gasteiger partial charge in [-0.25, -0.2) is 4.98 Å². The first-order chi connectivity index (χ1) is 8.65. The van der Waals surface area contributed by atoms with Crippen LogP contribution in [0.5, 0.6) is 5.88 Å². The van der Waals surface area contributed by atoms with Crippen LogP contribution in [0.4, 0.5) is 0 Å². The molecule has 5 nitrogen and oxygen atoms in total. The number of ether oxygens (including phenoxy) is 2. The van der Waals surface area contributed by atoms with Crippen LogP contribution in [0.2, 0.25) is 0 Å². The van der Waals surface area contributed by atoms with E-state index in [1.165, 1.54) is 0 Å². The van der Waals surface area contributed by atoms with Crippen molar-refractivity contribution in [2.24, 2.45) is 0 Å². The summed E-state index contributed by atoms with van der Waals surface area (Å²) in [6, 6.07) is 3.83. The van der Waals surface area contributed by atoms with Gasteiger partial charge < -0.3 is 19.9 Å². The first kappa shape index (κ1) is 13.3. The molecule has 5 heteroatoms. The smallest absolute Gasteiger partial charge is 0.217 e. The van der Waals surface area contributed by atoms with E-state index in [0.29, 0.717) is 32.0 Å². The molecule has 0 aliphatic carbocycles. The average molecular weight is 252 g/mol. The number of aliphatic hydroxyl groups is 1. The number of nitrogens with one attached hydrogen (secondary N) is 1. The molecule has 0 amide bonds. The fraction of sp³-hybridized carbons (Fsp3) is 0.615. The minimum Gasteiger partial charge on any atom is -0.481 e. The molecule has 2 heterocycles. The van der Waals surface area contributed by atoms with E-state index in [1.54, 1.807) is 13.3 Å². The van der Waals surface area contributed by atoms with E-state index in [1.807, 2.05) is 19.1 Å². The molecule has 0 radical (unpaired) electrons. The first-order valence-corrected chi connectivity index (χ1v) is 6.18. The molecule has 1 fully saturated rings. The summed E-state index contributed by atoms with van der Waals surface area (Å²) in [5.74, 6) is 0.618. The second-order valence-corrected chi connectivity index (χ2v) is 4.64. The molecule has 1 aliphatic heterocycles. The lowest BCUT2D eigenvalue weighted by Gasteiger charge is -2.26. The summed E-state index contributed by atoms with van der Waals surface area (Å²) in [7, 11) is 1.60. The number of aromatic nitrogens is 1. The Hall–Kier alpha value is -1.17. The molecule has 1 saturated heterocycles. The predicted molar refractivity (Wildman–Crippen MR) is 67.5 cm³/mol. The van der Waals surface area contributed by atoms with Gasteiger partial charge in [0.1, 0.15) is 5.60 Å². The van der Waals surface area contributed by atoms with E-state index in [-0.39, 0.29) is 6.10 Å². The number of methoxy groups -OCH3 is 1. The summed E-state index contributed by atoms with van der Waals surface area (Å²) in [5, 5.41) is 13.6. The lowest BCUT2D eigenvalue weighted by molar-refractivity contribution is -0.0263. The highest BCUT2D eigenvalue weighted by atomic mass is 16.5. The van der Waals surface area contributed by atoms with Crippen LogP contribution in [0.15, 0.2) is 18.3 Å². The molecule has 0 aromatic carbocycles. The Morgan fingerprint density at radius 1 is 1.67 bits per heavy atom. The molecule has 18 heavy (non-hydrogen) atoms. The molecular weight excluding hydrogens is 232 g/mol. The van der Waals surface area contributed by atoms with Gasteiger partial charge >= 0.3 is 0 Å². The molecule has 0 saturated carbocycles. The molecule has 2 unspecified atom stereocenters. The van der Waals surface area contributed by atoms with E-state index in [0.717, 1.165) is 5.56 Å². The molecule has 2 N–H and O–H groups in total. The van der Waals surface area contributed by atoms with Crippen molar-refractivity contribution in [1.29, 1.82) is 0 Å². The van der Waals surface area contributed by atoms with Crippen LogP contribution in [0.3, 0.4) is 0 Å². The van der Waals surface area contributed by atoms with Gasteiger partial charge in [0.2, 0.25) is 5.88 Å². The van der Waals surface area contributed by atoms with Gasteiger partial charge in [-0.1, -0.05) is 6.07 Å². The third-order valence-electron chi connectivity index (χ3n) is 3.45. The fourth-order valence-corrected chi connectivity index (χ4v) is 2.16. The number of rotatable bonds is 5. The maximum absolute atomic E-state index is 10.3. The third kappa shape index (κ3) is 2.80. The van der Waals surface area contributed by atoms with Gasteiger partial charge in [-0.15, -0.1) is 0 Å². The summed E-state index contributed by atoms with van der Waals surface area (Å²) in [6.45, 7) is 3.65. The van der Waals surface area contributed by atoms with Crippen molar-refractivity contribution in [2.45, 2.75) is 31.6 Å². The van der Waals surface area contributed by atoms with Gasteiger partial charge in [0.05, 0.1) is 13.2 Å². The quantitative estimate of drug-likeness (QED) is 0.808. The summed E-state index contributed by atoms with van der Waals surface area (Å²) >= 11 is 0. The summed E-state index contributed by atoms with van der Waals surface area (Å²) in [5.41, 5.74) is 0.213. The Labute approximate surface area is 107 Å². The summed E-state index contributed by atoms with van der Waals surface area (Å²) in [4.78, 5) is 4.13. The van der Waals surface area contributed by atoms with Crippen molar-refractivity contribution in [3.05, 3.63) is 23.9 Å².